The van der Waals surface area contributed by atoms with Crippen LogP contribution in [0.1, 0.15) is 36.8 Å². The summed E-state index contributed by atoms with van der Waals surface area (Å²) in [5, 5.41) is 8.96. The third kappa shape index (κ3) is 3.20. The lowest BCUT2D eigenvalue weighted by molar-refractivity contribution is 0.161. The van der Waals surface area contributed by atoms with E-state index in [0.717, 1.165) is 18.2 Å². The van der Waals surface area contributed by atoms with E-state index in [0.29, 0.717) is 0 Å². The third-order valence-electron chi connectivity index (χ3n) is 4.62. The van der Waals surface area contributed by atoms with Crippen molar-refractivity contribution in [1.29, 1.82) is 5.26 Å². The molecule has 1 aromatic carbocycles. The molecule has 0 saturated carbocycles. The first-order chi connectivity index (χ1) is 9.85. The molecule has 0 bridgehead atoms. The molecule has 1 unspecified atom stereocenters. The smallest absolute Gasteiger partial charge is 0.0991 e. The molecule has 3 heteroatoms. The van der Waals surface area contributed by atoms with E-state index in [4.69, 9.17) is 5.26 Å². The summed E-state index contributed by atoms with van der Waals surface area (Å²) >= 11 is 0. The fraction of sp³-hybridized carbons (Fsp3) is 0.588. The van der Waals surface area contributed by atoms with Crippen LogP contribution in [0, 0.1) is 11.3 Å². The van der Waals surface area contributed by atoms with Crippen molar-refractivity contribution in [3.63, 3.8) is 0 Å². The first-order valence-electron chi connectivity index (χ1n) is 7.80. The van der Waals surface area contributed by atoms with Gasteiger partial charge in [-0.1, -0.05) is 18.6 Å². The molecule has 2 aliphatic rings. The standard InChI is InChI=1S/C17H23N3/c18-12-15-5-4-6-16(11-15)13-19-10-7-17(14-19)20-8-2-1-3-9-20/h4-6,11,17H,1-3,7-10,13-14H2. The second-order valence-electron chi connectivity index (χ2n) is 6.09. The lowest BCUT2D eigenvalue weighted by Crippen LogP contribution is -2.40. The number of hydrogen-bond acceptors (Lipinski definition) is 3. The van der Waals surface area contributed by atoms with Gasteiger partial charge in [-0.15, -0.1) is 0 Å². The fourth-order valence-corrected chi connectivity index (χ4v) is 3.53. The SMILES string of the molecule is N#Cc1cccc(CN2CCC(N3CCCCC3)C2)c1. The number of nitrogens with zero attached hydrogens (tertiary/aromatic N) is 3. The summed E-state index contributed by atoms with van der Waals surface area (Å²) in [4.78, 5) is 5.23. The average Bonchev–Trinajstić information content (AvgIpc) is 2.97. The van der Waals surface area contributed by atoms with Crippen LogP contribution in [0.15, 0.2) is 24.3 Å². The lowest BCUT2D eigenvalue weighted by atomic mass is 10.1. The van der Waals surface area contributed by atoms with Gasteiger partial charge in [-0.25, -0.2) is 0 Å². The van der Waals surface area contributed by atoms with Crippen LogP contribution in [0.2, 0.25) is 0 Å². The Morgan fingerprint density at radius 1 is 1.15 bits per heavy atom. The Balaban J connectivity index is 1.55. The minimum absolute atomic E-state index is 0.759. The quantitative estimate of drug-likeness (QED) is 0.845. The van der Waals surface area contributed by atoms with Crippen LogP contribution in [-0.2, 0) is 6.54 Å². The molecule has 20 heavy (non-hydrogen) atoms. The highest BCUT2D eigenvalue weighted by Crippen LogP contribution is 2.21. The summed E-state index contributed by atoms with van der Waals surface area (Å²) in [6.07, 6.45) is 5.47. The summed E-state index contributed by atoms with van der Waals surface area (Å²) in [6, 6.07) is 11.0. The summed E-state index contributed by atoms with van der Waals surface area (Å²) in [5.74, 6) is 0. The molecule has 3 nitrogen and oxygen atoms in total. The second kappa shape index (κ2) is 6.39. The monoisotopic (exact) mass is 269 g/mol. The van der Waals surface area contributed by atoms with Crippen LogP contribution in [-0.4, -0.2) is 42.0 Å². The van der Waals surface area contributed by atoms with Crippen LogP contribution < -0.4 is 0 Å². The minimum Gasteiger partial charge on any atom is -0.299 e. The van der Waals surface area contributed by atoms with Crippen LogP contribution >= 0.6 is 0 Å². The van der Waals surface area contributed by atoms with Gasteiger partial charge >= 0.3 is 0 Å². The predicted molar refractivity (Wildman–Crippen MR) is 80.3 cm³/mol. The number of benzene rings is 1. The molecular formula is C17H23N3. The van der Waals surface area contributed by atoms with Crippen molar-refractivity contribution < 1.29 is 0 Å². The van der Waals surface area contributed by atoms with E-state index in [1.165, 1.54) is 57.4 Å². The number of hydrogen-bond donors (Lipinski definition) is 0. The Labute approximate surface area is 121 Å². The van der Waals surface area contributed by atoms with Gasteiger partial charge in [0.2, 0.25) is 0 Å². The van der Waals surface area contributed by atoms with E-state index in [1.807, 2.05) is 18.2 Å². The van der Waals surface area contributed by atoms with Crippen molar-refractivity contribution >= 4 is 0 Å². The van der Waals surface area contributed by atoms with Crippen molar-refractivity contribution in [2.24, 2.45) is 0 Å². The molecule has 3 rings (SSSR count). The molecule has 2 aliphatic heterocycles. The van der Waals surface area contributed by atoms with Crippen molar-refractivity contribution in [2.45, 2.75) is 38.3 Å². The zero-order valence-corrected chi connectivity index (χ0v) is 12.1. The molecule has 2 saturated heterocycles. The summed E-state index contributed by atoms with van der Waals surface area (Å²) in [6.45, 7) is 5.96. The molecule has 2 fully saturated rings. The Bertz CT molecular complexity index is 485. The number of piperidine rings is 1. The van der Waals surface area contributed by atoms with E-state index in [1.54, 1.807) is 0 Å². The predicted octanol–water partition coefficient (Wildman–Crippen LogP) is 2.62. The number of rotatable bonds is 3. The Hall–Kier alpha value is -1.37. The highest BCUT2D eigenvalue weighted by atomic mass is 15.3. The minimum atomic E-state index is 0.759. The molecule has 0 spiro atoms. The van der Waals surface area contributed by atoms with Gasteiger partial charge in [0, 0.05) is 25.7 Å². The maximum absolute atomic E-state index is 8.96. The molecule has 2 heterocycles. The zero-order chi connectivity index (χ0) is 13.8. The highest BCUT2D eigenvalue weighted by Gasteiger charge is 2.28. The first-order valence-corrected chi connectivity index (χ1v) is 7.80. The molecule has 0 radical (unpaired) electrons. The number of likely N-dealkylation sites (tertiary alicyclic amines) is 2. The lowest BCUT2D eigenvalue weighted by Gasteiger charge is -2.32. The Kier molecular flexibility index (Phi) is 4.34. The van der Waals surface area contributed by atoms with Crippen molar-refractivity contribution in [1.82, 2.24) is 9.80 Å². The van der Waals surface area contributed by atoms with Gasteiger partial charge in [-0.3, -0.25) is 9.80 Å². The van der Waals surface area contributed by atoms with E-state index in [-0.39, 0.29) is 0 Å². The molecule has 1 atom stereocenters. The fourth-order valence-electron chi connectivity index (χ4n) is 3.53. The van der Waals surface area contributed by atoms with Gasteiger partial charge in [0.1, 0.15) is 0 Å². The van der Waals surface area contributed by atoms with E-state index >= 15 is 0 Å². The maximum atomic E-state index is 8.96. The van der Waals surface area contributed by atoms with Gasteiger partial charge < -0.3 is 0 Å². The van der Waals surface area contributed by atoms with Gasteiger partial charge in [0.25, 0.3) is 0 Å². The van der Waals surface area contributed by atoms with Gasteiger partial charge in [-0.05, 0) is 50.0 Å². The third-order valence-corrected chi connectivity index (χ3v) is 4.62. The van der Waals surface area contributed by atoms with Crippen LogP contribution in [0.4, 0.5) is 0 Å². The van der Waals surface area contributed by atoms with Gasteiger partial charge in [0.15, 0.2) is 0 Å². The molecule has 1 aromatic rings. The van der Waals surface area contributed by atoms with Crippen LogP contribution in [0.25, 0.3) is 0 Å². The normalized spacial score (nSPS) is 24.6. The topological polar surface area (TPSA) is 30.3 Å². The van der Waals surface area contributed by atoms with Crippen LogP contribution in [0.3, 0.4) is 0 Å². The summed E-state index contributed by atoms with van der Waals surface area (Å²) in [7, 11) is 0. The highest BCUT2D eigenvalue weighted by molar-refractivity contribution is 5.32. The second-order valence-corrected chi connectivity index (χ2v) is 6.09. The van der Waals surface area contributed by atoms with E-state index < -0.39 is 0 Å². The van der Waals surface area contributed by atoms with Crippen molar-refractivity contribution in [3.8, 4) is 6.07 Å². The Morgan fingerprint density at radius 2 is 2.00 bits per heavy atom. The van der Waals surface area contributed by atoms with Crippen molar-refractivity contribution in [2.75, 3.05) is 26.2 Å². The zero-order valence-electron chi connectivity index (χ0n) is 12.1. The van der Waals surface area contributed by atoms with E-state index in [2.05, 4.69) is 21.9 Å². The summed E-state index contributed by atoms with van der Waals surface area (Å²) in [5.41, 5.74) is 2.04. The summed E-state index contributed by atoms with van der Waals surface area (Å²) < 4.78 is 0. The number of nitriles is 1. The first kappa shape index (κ1) is 13.6. The molecule has 0 aliphatic carbocycles. The average molecular weight is 269 g/mol. The maximum Gasteiger partial charge on any atom is 0.0991 e. The van der Waals surface area contributed by atoms with E-state index in [9.17, 15) is 0 Å². The van der Waals surface area contributed by atoms with Gasteiger partial charge in [0.05, 0.1) is 11.6 Å². The molecule has 0 N–H and O–H groups in total. The van der Waals surface area contributed by atoms with Crippen LogP contribution in [0.5, 0.6) is 0 Å². The largest absolute Gasteiger partial charge is 0.299 e. The van der Waals surface area contributed by atoms with Crippen molar-refractivity contribution in [3.05, 3.63) is 35.4 Å². The molecule has 0 amide bonds. The Morgan fingerprint density at radius 3 is 2.80 bits per heavy atom. The molecule has 0 aromatic heterocycles. The van der Waals surface area contributed by atoms with Gasteiger partial charge in [-0.2, -0.15) is 5.26 Å². The molecular weight excluding hydrogens is 246 g/mol. The molecule has 106 valence electrons.